The van der Waals surface area contributed by atoms with E-state index in [1.54, 1.807) is 16.9 Å². The number of hydrogen-bond acceptors (Lipinski definition) is 4. The fourth-order valence-electron chi connectivity index (χ4n) is 2.00. The van der Waals surface area contributed by atoms with Gasteiger partial charge in [-0.15, -0.1) is 0 Å². The Bertz CT molecular complexity index is 446. The average molecular weight is 283 g/mol. The van der Waals surface area contributed by atoms with Crippen LogP contribution in [0.1, 0.15) is 33.6 Å². The number of nitrogens with zero attached hydrogens (tertiary/aromatic N) is 3. The van der Waals surface area contributed by atoms with Gasteiger partial charge in [-0.2, -0.15) is 17.7 Å². The summed E-state index contributed by atoms with van der Waals surface area (Å²) in [6.45, 7) is 7.83. The van der Waals surface area contributed by atoms with Crippen LogP contribution in [0, 0.1) is 5.41 Å². The van der Waals surface area contributed by atoms with Crippen LogP contribution in [0.15, 0.2) is 17.1 Å². The second-order valence-electron chi connectivity index (χ2n) is 5.09. The smallest absolute Gasteiger partial charge is 0.268 e. The van der Waals surface area contributed by atoms with Crippen LogP contribution < -0.4 is 10.5 Å². The minimum atomic E-state index is -0.0362. The van der Waals surface area contributed by atoms with Crippen LogP contribution in [0.5, 0.6) is 0 Å². The Morgan fingerprint density at radius 3 is 2.42 bits per heavy atom. The van der Waals surface area contributed by atoms with Gasteiger partial charge in [0.1, 0.15) is 0 Å². The van der Waals surface area contributed by atoms with E-state index < -0.39 is 0 Å². The summed E-state index contributed by atoms with van der Waals surface area (Å²) in [5, 5.41) is 4.30. The van der Waals surface area contributed by atoms with Crippen molar-refractivity contribution in [1.82, 2.24) is 9.78 Å². The lowest BCUT2D eigenvalue weighted by Crippen LogP contribution is -2.35. The van der Waals surface area contributed by atoms with Crippen LogP contribution in [0.25, 0.3) is 0 Å². The molecule has 1 heterocycles. The van der Waals surface area contributed by atoms with E-state index in [-0.39, 0.29) is 11.0 Å². The van der Waals surface area contributed by atoms with Gasteiger partial charge < -0.3 is 4.90 Å². The third kappa shape index (κ3) is 3.75. The first-order valence-electron chi connectivity index (χ1n) is 6.91. The molecule has 0 aromatic carbocycles. The highest BCUT2D eigenvalue weighted by Crippen LogP contribution is 2.29. The molecular formula is C14H25N3OS. The van der Waals surface area contributed by atoms with E-state index in [1.807, 2.05) is 18.9 Å². The third-order valence-corrected chi connectivity index (χ3v) is 4.76. The van der Waals surface area contributed by atoms with E-state index in [1.165, 1.54) is 0 Å². The summed E-state index contributed by atoms with van der Waals surface area (Å²) in [4.78, 5) is 14.1. The Balaban J connectivity index is 3.00. The number of hydrogen-bond donors (Lipinski definition) is 1. The van der Waals surface area contributed by atoms with Gasteiger partial charge in [0.15, 0.2) is 0 Å². The topological polar surface area (TPSA) is 38.1 Å². The maximum absolute atomic E-state index is 12.1. The predicted molar refractivity (Wildman–Crippen MR) is 84.3 cm³/mol. The second kappa shape index (κ2) is 6.98. The quantitative estimate of drug-likeness (QED) is 0.781. The Labute approximate surface area is 121 Å². The Kier molecular flexibility index (Phi) is 5.91. The average Bonchev–Trinajstić information content (AvgIpc) is 2.45. The van der Waals surface area contributed by atoms with Gasteiger partial charge in [0.2, 0.25) is 0 Å². The molecule has 0 amide bonds. The molecular weight excluding hydrogens is 258 g/mol. The molecule has 0 saturated carbocycles. The zero-order valence-corrected chi connectivity index (χ0v) is 13.3. The second-order valence-corrected chi connectivity index (χ2v) is 5.41. The van der Waals surface area contributed by atoms with Gasteiger partial charge in [0.25, 0.3) is 5.56 Å². The summed E-state index contributed by atoms with van der Waals surface area (Å²) in [5.74, 6) is 0.769. The van der Waals surface area contributed by atoms with Crippen molar-refractivity contribution >= 4 is 18.3 Å². The highest BCUT2D eigenvalue weighted by Gasteiger charge is 2.26. The van der Waals surface area contributed by atoms with Gasteiger partial charge in [-0.1, -0.05) is 13.8 Å². The van der Waals surface area contributed by atoms with E-state index in [9.17, 15) is 4.79 Å². The lowest BCUT2D eigenvalue weighted by molar-refractivity contribution is 0.241. The maximum atomic E-state index is 12.1. The molecule has 0 spiro atoms. The summed E-state index contributed by atoms with van der Waals surface area (Å²) in [7, 11) is 1.96. The van der Waals surface area contributed by atoms with Gasteiger partial charge >= 0.3 is 0 Å². The summed E-state index contributed by atoms with van der Waals surface area (Å²) in [5.41, 5.74) is 0.886. The minimum absolute atomic E-state index is 0.0362. The van der Waals surface area contributed by atoms with Gasteiger partial charge in [-0.05, 0) is 30.9 Å². The molecule has 0 aliphatic carbocycles. The first kappa shape index (κ1) is 16.1. The van der Waals surface area contributed by atoms with Crippen molar-refractivity contribution in [3.63, 3.8) is 0 Å². The highest BCUT2D eigenvalue weighted by molar-refractivity contribution is 7.80. The zero-order valence-electron chi connectivity index (χ0n) is 12.4. The number of rotatable bonds is 7. The predicted octanol–water partition coefficient (Wildman–Crippen LogP) is 2.44. The van der Waals surface area contributed by atoms with Crippen molar-refractivity contribution in [2.24, 2.45) is 5.41 Å². The molecule has 0 unspecified atom stereocenters. The molecule has 1 aromatic rings. The van der Waals surface area contributed by atoms with Crippen molar-refractivity contribution in [3.8, 4) is 0 Å². The van der Waals surface area contributed by atoms with Gasteiger partial charge in [0, 0.05) is 19.7 Å². The van der Waals surface area contributed by atoms with Crippen LogP contribution in [0.3, 0.4) is 0 Å². The molecule has 1 aromatic heterocycles. The lowest BCUT2D eigenvalue weighted by Gasteiger charge is -2.30. The molecule has 0 fully saturated rings. The molecule has 0 bridgehead atoms. The molecule has 0 aliphatic heterocycles. The summed E-state index contributed by atoms with van der Waals surface area (Å²) < 4.78 is 1.57. The third-order valence-electron chi connectivity index (χ3n) is 4.09. The maximum Gasteiger partial charge on any atom is 0.268 e. The Morgan fingerprint density at radius 1 is 1.37 bits per heavy atom. The SMILES string of the molecule is CCN(C)c1cnn(CC(CC)(CC)CS)c(=O)c1. The fourth-order valence-corrected chi connectivity index (χ4v) is 2.55. The molecule has 1 rings (SSSR count). The first-order valence-corrected chi connectivity index (χ1v) is 7.54. The lowest BCUT2D eigenvalue weighted by atomic mass is 9.84. The van der Waals surface area contributed by atoms with Crippen LogP contribution in [0.4, 0.5) is 5.69 Å². The van der Waals surface area contributed by atoms with Gasteiger partial charge in [-0.3, -0.25) is 4.79 Å². The van der Waals surface area contributed by atoms with Crippen LogP contribution in [-0.2, 0) is 6.54 Å². The van der Waals surface area contributed by atoms with Crippen molar-refractivity contribution < 1.29 is 0 Å². The summed E-state index contributed by atoms with van der Waals surface area (Å²) in [6.07, 6.45) is 3.76. The van der Waals surface area contributed by atoms with Crippen LogP contribution in [-0.4, -0.2) is 29.1 Å². The monoisotopic (exact) mass is 283 g/mol. The molecule has 5 heteroatoms. The minimum Gasteiger partial charge on any atom is -0.373 e. The molecule has 0 radical (unpaired) electrons. The summed E-state index contributed by atoms with van der Waals surface area (Å²) in [6, 6.07) is 1.66. The number of thiol groups is 1. The van der Waals surface area contributed by atoms with Crippen LogP contribution >= 0.6 is 12.6 Å². The molecule has 19 heavy (non-hydrogen) atoms. The molecule has 0 saturated heterocycles. The van der Waals surface area contributed by atoms with E-state index in [0.717, 1.165) is 30.8 Å². The van der Waals surface area contributed by atoms with Crippen molar-refractivity contribution in [1.29, 1.82) is 0 Å². The number of anilines is 1. The van der Waals surface area contributed by atoms with Crippen molar-refractivity contribution in [2.75, 3.05) is 24.2 Å². The normalized spacial score (nSPS) is 11.6. The highest BCUT2D eigenvalue weighted by atomic mass is 32.1. The molecule has 4 nitrogen and oxygen atoms in total. The standard InChI is InChI=1S/C14H25N3OS/c1-5-14(6-2,11-19)10-17-13(18)8-12(9-15-17)16(4)7-3/h8-9,19H,5-7,10-11H2,1-4H3. The fraction of sp³-hybridized carbons (Fsp3) is 0.714. The van der Waals surface area contributed by atoms with Crippen LogP contribution in [0.2, 0.25) is 0 Å². The first-order chi connectivity index (χ1) is 9.01. The van der Waals surface area contributed by atoms with Crippen molar-refractivity contribution in [2.45, 2.75) is 40.2 Å². The molecule has 0 N–H and O–H groups in total. The van der Waals surface area contributed by atoms with E-state index in [0.29, 0.717) is 6.54 Å². The Morgan fingerprint density at radius 2 is 2.00 bits per heavy atom. The molecule has 0 aliphatic rings. The van der Waals surface area contributed by atoms with E-state index in [4.69, 9.17) is 0 Å². The molecule has 108 valence electrons. The van der Waals surface area contributed by atoms with Gasteiger partial charge in [-0.25, -0.2) is 4.68 Å². The summed E-state index contributed by atoms with van der Waals surface area (Å²) >= 11 is 4.44. The molecule has 0 atom stereocenters. The van der Waals surface area contributed by atoms with E-state index >= 15 is 0 Å². The van der Waals surface area contributed by atoms with Crippen molar-refractivity contribution in [3.05, 3.63) is 22.6 Å². The van der Waals surface area contributed by atoms with E-state index in [2.05, 4.69) is 31.6 Å². The Hall–Kier alpha value is -0.970. The van der Waals surface area contributed by atoms with Gasteiger partial charge in [0.05, 0.1) is 18.4 Å². The largest absolute Gasteiger partial charge is 0.373 e. The number of aromatic nitrogens is 2. The zero-order chi connectivity index (χ0) is 14.5.